The number of aryl methyl sites for hydroxylation is 2. The lowest BCUT2D eigenvalue weighted by atomic mass is 10.1. The molecule has 2 aromatic carbocycles. The molecule has 19 heavy (non-hydrogen) atoms. The Bertz CT molecular complexity index is 620. The van der Waals surface area contributed by atoms with Gasteiger partial charge in [-0.3, -0.25) is 4.21 Å². The largest absolute Gasteiger partial charge is 0.398 e. The lowest BCUT2D eigenvalue weighted by Crippen LogP contribution is -2.01. The minimum absolute atomic E-state index is 0.451. The second kappa shape index (κ2) is 5.76. The topological polar surface area (TPSA) is 43.1 Å². The number of halogens is 1. The van der Waals surface area contributed by atoms with Crippen LogP contribution in [0.2, 0.25) is 5.02 Å². The third-order valence-corrected chi connectivity index (χ3v) is 4.47. The van der Waals surface area contributed by atoms with Gasteiger partial charge >= 0.3 is 0 Å². The van der Waals surface area contributed by atoms with Crippen LogP contribution in [-0.2, 0) is 16.6 Å². The minimum Gasteiger partial charge on any atom is -0.398 e. The van der Waals surface area contributed by atoms with Gasteiger partial charge in [-0.15, -0.1) is 0 Å². The van der Waals surface area contributed by atoms with Crippen LogP contribution >= 0.6 is 11.6 Å². The van der Waals surface area contributed by atoms with Gasteiger partial charge in [-0.1, -0.05) is 40.9 Å². The van der Waals surface area contributed by atoms with Gasteiger partial charge in [-0.05, 0) is 37.6 Å². The first-order valence-electron chi connectivity index (χ1n) is 5.96. The molecular weight excluding hydrogens is 278 g/mol. The second-order valence-corrected chi connectivity index (χ2v) is 6.52. The SMILES string of the molecule is Cc1cc(C)cc(CS(=O)c2cc(Cl)ccc2N)c1. The van der Waals surface area contributed by atoms with Crippen molar-refractivity contribution >= 4 is 28.1 Å². The molecule has 0 amide bonds. The van der Waals surface area contributed by atoms with Crippen molar-refractivity contribution in [2.75, 3.05) is 5.73 Å². The molecule has 2 N–H and O–H groups in total. The predicted octanol–water partition coefficient (Wildman–Crippen LogP) is 3.85. The van der Waals surface area contributed by atoms with Crippen molar-refractivity contribution in [3.05, 3.63) is 58.1 Å². The van der Waals surface area contributed by atoms with Crippen LogP contribution in [0.4, 0.5) is 5.69 Å². The molecule has 2 aromatic rings. The zero-order chi connectivity index (χ0) is 14.0. The molecule has 0 bridgehead atoms. The highest BCUT2D eigenvalue weighted by atomic mass is 35.5. The van der Waals surface area contributed by atoms with E-state index in [1.165, 1.54) is 11.1 Å². The van der Waals surface area contributed by atoms with Crippen molar-refractivity contribution in [1.29, 1.82) is 0 Å². The van der Waals surface area contributed by atoms with Gasteiger partial charge in [-0.2, -0.15) is 0 Å². The van der Waals surface area contributed by atoms with Gasteiger partial charge < -0.3 is 5.73 Å². The summed E-state index contributed by atoms with van der Waals surface area (Å²) in [5.41, 5.74) is 9.77. The van der Waals surface area contributed by atoms with Crippen LogP contribution in [0.5, 0.6) is 0 Å². The van der Waals surface area contributed by atoms with Crippen LogP contribution in [0.1, 0.15) is 16.7 Å². The number of nitrogens with two attached hydrogens (primary N) is 1. The second-order valence-electron chi connectivity index (χ2n) is 4.67. The van der Waals surface area contributed by atoms with Gasteiger partial charge in [0.15, 0.2) is 0 Å². The van der Waals surface area contributed by atoms with Crippen molar-refractivity contribution in [2.45, 2.75) is 24.5 Å². The Hall–Kier alpha value is -1.32. The van der Waals surface area contributed by atoms with Crippen LogP contribution < -0.4 is 5.73 Å². The molecule has 1 unspecified atom stereocenters. The quantitative estimate of drug-likeness (QED) is 0.874. The van der Waals surface area contributed by atoms with Crippen molar-refractivity contribution < 1.29 is 4.21 Å². The van der Waals surface area contributed by atoms with Crippen molar-refractivity contribution in [1.82, 2.24) is 0 Å². The van der Waals surface area contributed by atoms with Crippen LogP contribution in [0.25, 0.3) is 0 Å². The van der Waals surface area contributed by atoms with Gasteiger partial charge in [0.25, 0.3) is 0 Å². The summed E-state index contributed by atoms with van der Waals surface area (Å²) >= 11 is 5.92. The average molecular weight is 294 g/mol. The summed E-state index contributed by atoms with van der Waals surface area (Å²) in [6, 6.07) is 11.3. The first-order chi connectivity index (χ1) is 8.95. The fraction of sp³-hybridized carbons (Fsp3) is 0.200. The summed E-state index contributed by atoms with van der Waals surface area (Å²) in [5.74, 6) is 0.451. The van der Waals surface area contributed by atoms with Crippen LogP contribution in [0.15, 0.2) is 41.3 Å². The van der Waals surface area contributed by atoms with Gasteiger partial charge in [0, 0.05) is 10.7 Å². The van der Waals surface area contributed by atoms with E-state index in [1.54, 1.807) is 18.2 Å². The summed E-state index contributed by atoms with van der Waals surface area (Å²) in [4.78, 5) is 0.603. The Morgan fingerprint density at radius 3 is 2.37 bits per heavy atom. The summed E-state index contributed by atoms with van der Waals surface area (Å²) in [7, 11) is -1.18. The normalized spacial score (nSPS) is 12.4. The highest BCUT2D eigenvalue weighted by Gasteiger charge is 2.10. The Labute approximate surface area is 121 Å². The maximum Gasteiger partial charge on any atom is 0.0635 e. The molecule has 0 saturated carbocycles. The molecule has 1 atom stereocenters. The third-order valence-electron chi connectivity index (χ3n) is 2.80. The molecular formula is C15H16ClNOS. The summed E-state index contributed by atoms with van der Waals surface area (Å²) in [5, 5.41) is 0.554. The maximum absolute atomic E-state index is 12.4. The van der Waals surface area contributed by atoms with Crippen LogP contribution in [-0.4, -0.2) is 4.21 Å². The Morgan fingerprint density at radius 1 is 1.11 bits per heavy atom. The van der Waals surface area contributed by atoms with E-state index < -0.39 is 10.8 Å². The molecule has 0 aromatic heterocycles. The molecule has 0 radical (unpaired) electrons. The molecule has 2 rings (SSSR count). The molecule has 0 aliphatic heterocycles. The Kier molecular flexibility index (Phi) is 4.27. The number of benzene rings is 2. The number of anilines is 1. The average Bonchev–Trinajstić information content (AvgIpc) is 2.30. The minimum atomic E-state index is -1.18. The standard InChI is InChI=1S/C15H16ClNOS/c1-10-5-11(2)7-12(6-10)9-19(18)15-8-13(16)3-4-14(15)17/h3-8H,9,17H2,1-2H3. The maximum atomic E-state index is 12.4. The van der Waals surface area contributed by atoms with Gasteiger partial charge in [0.2, 0.25) is 0 Å². The van der Waals surface area contributed by atoms with Gasteiger partial charge in [0.05, 0.1) is 21.4 Å². The lowest BCUT2D eigenvalue weighted by Gasteiger charge is -2.08. The summed E-state index contributed by atoms with van der Waals surface area (Å²) in [6.07, 6.45) is 0. The first kappa shape index (κ1) is 14.1. The van der Waals surface area contributed by atoms with E-state index >= 15 is 0 Å². The van der Waals surface area contributed by atoms with Gasteiger partial charge in [0.1, 0.15) is 0 Å². The predicted molar refractivity (Wildman–Crippen MR) is 81.9 cm³/mol. The fourth-order valence-corrected chi connectivity index (χ4v) is 3.54. The van der Waals surface area contributed by atoms with Crippen LogP contribution in [0.3, 0.4) is 0 Å². The molecule has 0 heterocycles. The van der Waals surface area contributed by atoms with E-state index in [2.05, 4.69) is 6.07 Å². The zero-order valence-electron chi connectivity index (χ0n) is 10.9. The molecule has 0 fully saturated rings. The highest BCUT2D eigenvalue weighted by Crippen LogP contribution is 2.23. The van der Waals surface area contributed by atoms with Gasteiger partial charge in [-0.25, -0.2) is 0 Å². The molecule has 0 saturated heterocycles. The Balaban J connectivity index is 2.28. The van der Waals surface area contributed by atoms with Crippen molar-refractivity contribution in [3.8, 4) is 0 Å². The molecule has 0 aliphatic rings. The lowest BCUT2D eigenvalue weighted by molar-refractivity contribution is 0.683. The number of hydrogen-bond donors (Lipinski definition) is 1. The van der Waals surface area contributed by atoms with E-state index in [0.29, 0.717) is 21.4 Å². The molecule has 0 spiro atoms. The number of rotatable bonds is 3. The van der Waals surface area contributed by atoms with E-state index in [0.717, 1.165) is 5.56 Å². The fourth-order valence-electron chi connectivity index (χ4n) is 2.09. The zero-order valence-corrected chi connectivity index (χ0v) is 12.5. The summed E-state index contributed by atoms with van der Waals surface area (Å²) < 4.78 is 12.4. The van der Waals surface area contributed by atoms with E-state index in [4.69, 9.17) is 17.3 Å². The van der Waals surface area contributed by atoms with E-state index in [-0.39, 0.29) is 0 Å². The number of nitrogen functional groups attached to an aromatic ring is 1. The van der Waals surface area contributed by atoms with Crippen molar-refractivity contribution in [3.63, 3.8) is 0 Å². The molecule has 4 heteroatoms. The van der Waals surface area contributed by atoms with E-state index in [1.807, 2.05) is 26.0 Å². The van der Waals surface area contributed by atoms with Crippen LogP contribution in [0, 0.1) is 13.8 Å². The smallest absolute Gasteiger partial charge is 0.0635 e. The number of hydrogen-bond acceptors (Lipinski definition) is 2. The molecule has 2 nitrogen and oxygen atoms in total. The monoisotopic (exact) mass is 293 g/mol. The summed E-state index contributed by atoms with van der Waals surface area (Å²) in [6.45, 7) is 4.07. The molecule has 100 valence electrons. The third kappa shape index (κ3) is 3.58. The highest BCUT2D eigenvalue weighted by molar-refractivity contribution is 7.84. The molecule has 0 aliphatic carbocycles. The Morgan fingerprint density at radius 2 is 1.74 bits per heavy atom. The van der Waals surface area contributed by atoms with Crippen molar-refractivity contribution in [2.24, 2.45) is 0 Å². The van der Waals surface area contributed by atoms with E-state index in [9.17, 15) is 4.21 Å². The first-order valence-corrected chi connectivity index (χ1v) is 7.66.